The maximum Gasteiger partial charge on any atom is 0.0469 e. The first-order valence-corrected chi connectivity index (χ1v) is 8.37. The summed E-state index contributed by atoms with van der Waals surface area (Å²) in [5.74, 6) is 0.809. The molecule has 0 unspecified atom stereocenters. The quantitative estimate of drug-likeness (QED) is 0.835. The molecule has 0 bridgehead atoms. The van der Waals surface area contributed by atoms with E-state index in [9.17, 15) is 0 Å². The van der Waals surface area contributed by atoms with Gasteiger partial charge in [0.25, 0.3) is 0 Å². The zero-order valence-electron chi connectivity index (χ0n) is 13.2. The van der Waals surface area contributed by atoms with Crippen LogP contribution in [0.5, 0.6) is 0 Å². The monoisotopic (exact) mass is 288 g/mol. The molecular formula is C18H28N2O. The smallest absolute Gasteiger partial charge is 0.0469 e. The Morgan fingerprint density at radius 3 is 2.67 bits per heavy atom. The van der Waals surface area contributed by atoms with Gasteiger partial charge >= 0.3 is 0 Å². The first-order valence-electron chi connectivity index (χ1n) is 8.37. The van der Waals surface area contributed by atoms with Gasteiger partial charge in [-0.05, 0) is 49.8 Å². The van der Waals surface area contributed by atoms with Crippen LogP contribution in [-0.4, -0.2) is 37.7 Å². The summed E-state index contributed by atoms with van der Waals surface area (Å²) in [5, 5.41) is 3.59. The summed E-state index contributed by atoms with van der Waals surface area (Å²) in [6.07, 6.45) is 5.15. The van der Waals surface area contributed by atoms with Gasteiger partial charge in [-0.25, -0.2) is 0 Å². The molecule has 1 aromatic rings. The van der Waals surface area contributed by atoms with Crippen LogP contribution in [0.15, 0.2) is 24.3 Å². The van der Waals surface area contributed by atoms with Gasteiger partial charge in [-0.3, -0.25) is 0 Å². The number of hydrogen-bond donors (Lipinski definition) is 1. The number of rotatable bonds is 7. The zero-order valence-corrected chi connectivity index (χ0v) is 13.2. The number of hydrogen-bond acceptors (Lipinski definition) is 3. The number of ether oxygens (including phenoxy) is 1. The third kappa shape index (κ3) is 5.10. The summed E-state index contributed by atoms with van der Waals surface area (Å²) in [4.78, 5) is 2.46. The second-order valence-corrected chi connectivity index (χ2v) is 6.73. The van der Waals surface area contributed by atoms with Crippen LogP contribution in [-0.2, 0) is 17.8 Å². The highest BCUT2D eigenvalue weighted by molar-refractivity contribution is 5.23. The Balaban J connectivity index is 1.47. The lowest BCUT2D eigenvalue weighted by molar-refractivity contribution is 0.0549. The fourth-order valence-electron chi connectivity index (χ4n) is 3.13. The molecular weight excluding hydrogens is 260 g/mol. The Kier molecular flexibility index (Phi) is 5.28. The molecule has 0 amide bonds. The van der Waals surface area contributed by atoms with Gasteiger partial charge in [0.05, 0.1) is 0 Å². The minimum atomic E-state index is 0.782. The second kappa shape index (κ2) is 7.39. The second-order valence-electron chi connectivity index (χ2n) is 6.73. The lowest BCUT2D eigenvalue weighted by atomic mass is 9.99. The highest BCUT2D eigenvalue weighted by atomic mass is 16.5. The van der Waals surface area contributed by atoms with Crippen molar-refractivity contribution in [1.82, 2.24) is 10.2 Å². The average Bonchev–Trinajstić information content (AvgIpc) is 3.31. The van der Waals surface area contributed by atoms with Gasteiger partial charge in [0.2, 0.25) is 0 Å². The van der Waals surface area contributed by atoms with Crippen LogP contribution in [0.1, 0.15) is 36.8 Å². The van der Waals surface area contributed by atoms with Crippen molar-refractivity contribution in [2.45, 2.75) is 44.8 Å². The van der Waals surface area contributed by atoms with Crippen molar-refractivity contribution < 1.29 is 4.74 Å². The summed E-state index contributed by atoms with van der Waals surface area (Å²) in [5.41, 5.74) is 2.85. The first kappa shape index (κ1) is 15.0. The van der Waals surface area contributed by atoms with Crippen LogP contribution in [0, 0.1) is 5.92 Å². The predicted molar refractivity (Wildman–Crippen MR) is 86.2 cm³/mol. The molecule has 0 radical (unpaired) electrons. The molecule has 2 aliphatic rings. The maximum absolute atomic E-state index is 5.44. The van der Waals surface area contributed by atoms with Crippen LogP contribution in [0.25, 0.3) is 0 Å². The third-order valence-electron chi connectivity index (χ3n) is 4.53. The number of benzene rings is 1. The minimum absolute atomic E-state index is 0.782. The third-order valence-corrected chi connectivity index (χ3v) is 4.53. The Morgan fingerprint density at radius 2 is 1.90 bits per heavy atom. The van der Waals surface area contributed by atoms with Gasteiger partial charge < -0.3 is 15.0 Å². The van der Waals surface area contributed by atoms with E-state index in [1.165, 1.54) is 43.4 Å². The van der Waals surface area contributed by atoms with Crippen molar-refractivity contribution in [2.24, 2.45) is 5.92 Å². The summed E-state index contributed by atoms with van der Waals surface area (Å²) in [6, 6.07) is 9.82. The highest BCUT2D eigenvalue weighted by Gasteiger charge is 2.20. The summed E-state index contributed by atoms with van der Waals surface area (Å²) >= 11 is 0. The lowest BCUT2D eigenvalue weighted by Crippen LogP contribution is -2.29. The fourth-order valence-corrected chi connectivity index (χ4v) is 3.13. The van der Waals surface area contributed by atoms with E-state index in [1.807, 2.05) is 0 Å². The van der Waals surface area contributed by atoms with Crippen LogP contribution in [0.4, 0.5) is 0 Å². The van der Waals surface area contributed by atoms with Gasteiger partial charge in [0, 0.05) is 38.9 Å². The van der Waals surface area contributed by atoms with Crippen LogP contribution < -0.4 is 5.32 Å². The van der Waals surface area contributed by atoms with E-state index in [1.54, 1.807) is 0 Å². The largest absolute Gasteiger partial charge is 0.381 e. The Morgan fingerprint density at radius 1 is 1.14 bits per heavy atom. The van der Waals surface area contributed by atoms with Gasteiger partial charge in [-0.1, -0.05) is 24.3 Å². The molecule has 3 nitrogen and oxygen atoms in total. The summed E-state index contributed by atoms with van der Waals surface area (Å²) in [6.45, 7) is 5.15. The molecule has 2 fully saturated rings. The Hall–Kier alpha value is -0.900. The van der Waals surface area contributed by atoms with E-state index in [0.29, 0.717) is 0 Å². The van der Waals surface area contributed by atoms with Crippen molar-refractivity contribution in [3.63, 3.8) is 0 Å². The van der Waals surface area contributed by atoms with E-state index in [4.69, 9.17) is 4.74 Å². The van der Waals surface area contributed by atoms with Gasteiger partial charge in [-0.15, -0.1) is 0 Å². The molecule has 3 rings (SSSR count). The van der Waals surface area contributed by atoms with Crippen molar-refractivity contribution in [3.8, 4) is 0 Å². The molecule has 116 valence electrons. The van der Waals surface area contributed by atoms with E-state index < -0.39 is 0 Å². The van der Waals surface area contributed by atoms with Crippen LogP contribution in [0.2, 0.25) is 0 Å². The SMILES string of the molecule is CN(Cc1cccc(CNC2CC2)c1)CC1CCOCC1. The molecule has 3 heteroatoms. The van der Waals surface area contributed by atoms with Crippen molar-refractivity contribution >= 4 is 0 Å². The van der Waals surface area contributed by atoms with Crippen LogP contribution >= 0.6 is 0 Å². The molecule has 1 saturated carbocycles. The van der Waals surface area contributed by atoms with Gasteiger partial charge in [0.15, 0.2) is 0 Å². The molecule has 1 aromatic carbocycles. The highest BCUT2D eigenvalue weighted by Crippen LogP contribution is 2.20. The van der Waals surface area contributed by atoms with Crippen LogP contribution in [0.3, 0.4) is 0 Å². The molecule has 21 heavy (non-hydrogen) atoms. The van der Waals surface area contributed by atoms with Gasteiger partial charge in [0.1, 0.15) is 0 Å². The molecule has 1 N–H and O–H groups in total. The van der Waals surface area contributed by atoms with Crippen molar-refractivity contribution in [3.05, 3.63) is 35.4 Å². The summed E-state index contributed by atoms with van der Waals surface area (Å²) < 4.78 is 5.44. The van der Waals surface area contributed by atoms with E-state index in [0.717, 1.165) is 38.3 Å². The van der Waals surface area contributed by atoms with Gasteiger partial charge in [-0.2, -0.15) is 0 Å². The Bertz CT molecular complexity index is 439. The maximum atomic E-state index is 5.44. The minimum Gasteiger partial charge on any atom is -0.381 e. The first-order chi connectivity index (χ1) is 10.3. The van der Waals surface area contributed by atoms with Crippen molar-refractivity contribution in [1.29, 1.82) is 0 Å². The van der Waals surface area contributed by atoms with E-state index >= 15 is 0 Å². The molecule has 0 aromatic heterocycles. The topological polar surface area (TPSA) is 24.5 Å². The molecule has 1 aliphatic heterocycles. The Labute approximate surface area is 128 Å². The molecule has 0 spiro atoms. The lowest BCUT2D eigenvalue weighted by Gasteiger charge is -2.27. The molecule has 1 saturated heterocycles. The molecule has 1 heterocycles. The molecule has 1 aliphatic carbocycles. The normalized spacial score (nSPS) is 20.1. The van der Waals surface area contributed by atoms with E-state index in [2.05, 4.69) is 41.5 Å². The number of nitrogens with one attached hydrogen (secondary N) is 1. The van der Waals surface area contributed by atoms with E-state index in [-0.39, 0.29) is 0 Å². The number of nitrogens with zero attached hydrogens (tertiary/aromatic N) is 1. The zero-order chi connectivity index (χ0) is 14.5. The fraction of sp³-hybridized carbons (Fsp3) is 0.667. The predicted octanol–water partition coefficient (Wildman–Crippen LogP) is 2.80. The summed E-state index contributed by atoms with van der Waals surface area (Å²) in [7, 11) is 2.24. The molecule has 0 atom stereocenters. The standard InChI is InChI=1S/C18H28N2O/c1-20(13-15-7-9-21-10-8-15)14-17-4-2-3-16(11-17)12-19-18-5-6-18/h2-4,11,15,18-19H,5-10,12-14H2,1H3. The average molecular weight is 288 g/mol. The van der Waals surface area contributed by atoms with Crippen molar-refractivity contribution in [2.75, 3.05) is 26.8 Å².